The first kappa shape index (κ1) is 17.1. The summed E-state index contributed by atoms with van der Waals surface area (Å²) in [5.74, 6) is -0.722. The van der Waals surface area contributed by atoms with Crippen LogP contribution in [0, 0.1) is 0 Å². The van der Waals surface area contributed by atoms with E-state index in [1.54, 1.807) is 12.5 Å². The normalized spacial score (nSPS) is 13.4. The number of thiophene rings is 1. The third kappa shape index (κ3) is 3.35. The highest BCUT2D eigenvalue weighted by Crippen LogP contribution is 2.38. The maximum atomic E-state index is 12.5. The van der Waals surface area contributed by atoms with Gasteiger partial charge in [0.2, 0.25) is 0 Å². The molecule has 0 saturated carbocycles. The Labute approximate surface area is 147 Å². The Balaban J connectivity index is 1.87. The average Bonchev–Trinajstić information content (AvgIpc) is 3.18. The van der Waals surface area contributed by atoms with Crippen molar-refractivity contribution < 1.29 is 19.1 Å². The zero-order chi connectivity index (χ0) is 17.1. The molecule has 1 N–H and O–H groups in total. The molecule has 0 radical (unpaired) electrons. The smallest absolute Gasteiger partial charge is 0.341 e. The summed E-state index contributed by atoms with van der Waals surface area (Å²) in [5.41, 5.74) is 1.85. The van der Waals surface area contributed by atoms with Gasteiger partial charge in [0.05, 0.1) is 19.3 Å². The molecule has 0 unspecified atom stereocenters. The number of esters is 1. The van der Waals surface area contributed by atoms with Crippen molar-refractivity contribution >= 4 is 39.6 Å². The number of hydrogen-bond acceptors (Lipinski definition) is 7. The molecule has 0 aromatic carbocycles. The fourth-order valence-electron chi connectivity index (χ4n) is 2.74. The number of aryl methyl sites for hydroxylation is 1. The van der Waals surface area contributed by atoms with Crippen molar-refractivity contribution in [1.29, 1.82) is 0 Å². The molecule has 0 fully saturated rings. The monoisotopic (exact) mass is 366 g/mol. The number of nitrogens with one attached hydrogen (secondary N) is 1. The molecule has 24 heavy (non-hydrogen) atoms. The molecule has 0 atom stereocenters. The largest absolute Gasteiger partial charge is 0.465 e. The van der Waals surface area contributed by atoms with E-state index >= 15 is 0 Å². The summed E-state index contributed by atoms with van der Waals surface area (Å²) in [6.45, 7) is 0.374. The Hall–Kier alpha value is -1.77. The Morgan fingerprint density at radius 3 is 2.83 bits per heavy atom. The zero-order valence-corrected chi connectivity index (χ0v) is 15.1. The van der Waals surface area contributed by atoms with E-state index < -0.39 is 5.97 Å². The van der Waals surface area contributed by atoms with Gasteiger partial charge in [-0.25, -0.2) is 9.78 Å². The summed E-state index contributed by atoms with van der Waals surface area (Å²) < 4.78 is 9.93. The van der Waals surface area contributed by atoms with Gasteiger partial charge in [-0.15, -0.1) is 22.7 Å². The maximum Gasteiger partial charge on any atom is 0.341 e. The first-order chi connectivity index (χ1) is 11.6. The second-order valence-electron chi connectivity index (χ2n) is 5.42. The van der Waals surface area contributed by atoms with E-state index in [9.17, 15) is 9.59 Å². The van der Waals surface area contributed by atoms with Crippen LogP contribution in [0.1, 0.15) is 49.1 Å². The molecular weight excluding hydrogens is 348 g/mol. The number of carbonyl (C=O) groups excluding carboxylic acids is 2. The van der Waals surface area contributed by atoms with Gasteiger partial charge in [-0.05, 0) is 31.2 Å². The van der Waals surface area contributed by atoms with E-state index in [1.165, 1.54) is 29.8 Å². The van der Waals surface area contributed by atoms with Gasteiger partial charge in [0, 0.05) is 17.4 Å². The predicted octanol–water partition coefficient (Wildman–Crippen LogP) is 3.27. The number of hydrogen-bond donors (Lipinski definition) is 1. The Bertz CT molecular complexity index is 766. The van der Waals surface area contributed by atoms with Crippen LogP contribution in [-0.4, -0.2) is 31.1 Å². The minimum absolute atomic E-state index is 0.322. The van der Waals surface area contributed by atoms with Crippen molar-refractivity contribution in [2.45, 2.75) is 32.3 Å². The van der Waals surface area contributed by atoms with Crippen molar-refractivity contribution in [2.75, 3.05) is 19.5 Å². The van der Waals surface area contributed by atoms with Gasteiger partial charge in [0.1, 0.15) is 15.7 Å². The number of anilines is 1. The topological polar surface area (TPSA) is 77.5 Å². The van der Waals surface area contributed by atoms with E-state index in [0.717, 1.165) is 41.1 Å². The molecule has 0 aliphatic heterocycles. The molecule has 1 amide bonds. The predicted molar refractivity (Wildman–Crippen MR) is 93.1 cm³/mol. The van der Waals surface area contributed by atoms with Crippen LogP contribution in [0.25, 0.3) is 0 Å². The Morgan fingerprint density at radius 2 is 2.08 bits per heavy atom. The second-order valence-corrected chi connectivity index (χ2v) is 7.47. The molecule has 8 heteroatoms. The minimum atomic E-state index is -0.400. The fraction of sp³-hybridized carbons (Fsp3) is 0.438. The van der Waals surface area contributed by atoms with Crippen molar-refractivity contribution in [3.8, 4) is 0 Å². The van der Waals surface area contributed by atoms with Gasteiger partial charge in [-0.2, -0.15) is 0 Å². The highest BCUT2D eigenvalue weighted by molar-refractivity contribution is 7.17. The highest BCUT2D eigenvalue weighted by Gasteiger charge is 2.27. The molecule has 0 spiro atoms. The van der Waals surface area contributed by atoms with Crippen LogP contribution in [0.3, 0.4) is 0 Å². The molecule has 6 nitrogen and oxygen atoms in total. The SMILES string of the molecule is COCc1nc(C(=O)Nc2sc3c(c2C(=O)OC)CCCC3)cs1. The lowest BCUT2D eigenvalue weighted by Gasteiger charge is -2.11. The number of aromatic nitrogens is 1. The zero-order valence-electron chi connectivity index (χ0n) is 13.5. The van der Waals surface area contributed by atoms with E-state index in [0.29, 0.717) is 22.9 Å². The van der Waals surface area contributed by atoms with Crippen molar-refractivity contribution in [3.05, 3.63) is 32.1 Å². The van der Waals surface area contributed by atoms with Crippen LogP contribution in [0.15, 0.2) is 5.38 Å². The van der Waals surface area contributed by atoms with Gasteiger partial charge in [-0.1, -0.05) is 0 Å². The molecule has 2 aromatic rings. The fourth-order valence-corrected chi connectivity index (χ4v) is 4.76. The number of methoxy groups -OCH3 is 2. The number of fused-ring (bicyclic) bond motifs is 1. The van der Waals surface area contributed by atoms with Gasteiger partial charge < -0.3 is 14.8 Å². The number of nitrogens with zero attached hydrogens (tertiary/aromatic N) is 1. The lowest BCUT2D eigenvalue weighted by molar-refractivity contribution is 0.0601. The molecule has 2 heterocycles. The number of carbonyl (C=O) groups is 2. The van der Waals surface area contributed by atoms with Gasteiger partial charge in [0.15, 0.2) is 0 Å². The van der Waals surface area contributed by atoms with E-state index in [2.05, 4.69) is 10.3 Å². The minimum Gasteiger partial charge on any atom is -0.465 e. The molecule has 0 bridgehead atoms. The lowest BCUT2D eigenvalue weighted by atomic mass is 9.95. The number of thiazole rings is 1. The Kier molecular flexibility index (Phi) is 5.27. The second kappa shape index (κ2) is 7.42. The number of amides is 1. The molecule has 0 saturated heterocycles. The molecule has 128 valence electrons. The van der Waals surface area contributed by atoms with Crippen molar-refractivity contribution in [3.63, 3.8) is 0 Å². The summed E-state index contributed by atoms with van der Waals surface area (Å²) in [7, 11) is 2.94. The van der Waals surface area contributed by atoms with Crippen LogP contribution >= 0.6 is 22.7 Å². The van der Waals surface area contributed by atoms with Crippen LogP contribution in [-0.2, 0) is 28.9 Å². The molecule has 2 aromatic heterocycles. The Morgan fingerprint density at radius 1 is 1.29 bits per heavy atom. The molecule has 1 aliphatic carbocycles. The highest BCUT2D eigenvalue weighted by atomic mass is 32.1. The molecule has 3 rings (SSSR count). The van der Waals surface area contributed by atoms with Gasteiger partial charge in [-0.3, -0.25) is 4.79 Å². The first-order valence-electron chi connectivity index (χ1n) is 7.61. The number of ether oxygens (including phenoxy) is 2. The van der Waals surface area contributed by atoms with Crippen molar-refractivity contribution in [1.82, 2.24) is 4.98 Å². The summed E-state index contributed by atoms with van der Waals surface area (Å²) in [5, 5.41) is 5.82. The van der Waals surface area contributed by atoms with Crippen LogP contribution in [0.4, 0.5) is 5.00 Å². The third-order valence-corrected chi connectivity index (χ3v) is 5.87. The summed E-state index contributed by atoms with van der Waals surface area (Å²) in [6, 6.07) is 0. The third-order valence-electron chi connectivity index (χ3n) is 3.84. The standard InChI is InChI=1S/C16H18N2O4S2/c1-21-7-12-17-10(8-23-12)14(19)18-15-13(16(20)22-2)9-5-3-4-6-11(9)24-15/h8H,3-7H2,1-2H3,(H,18,19). The quantitative estimate of drug-likeness (QED) is 0.822. The van der Waals surface area contributed by atoms with Crippen LogP contribution < -0.4 is 5.32 Å². The van der Waals surface area contributed by atoms with E-state index in [4.69, 9.17) is 9.47 Å². The molecule has 1 aliphatic rings. The summed E-state index contributed by atoms with van der Waals surface area (Å²) in [4.78, 5) is 30.0. The average molecular weight is 366 g/mol. The van der Waals surface area contributed by atoms with Crippen LogP contribution in [0.2, 0.25) is 0 Å². The lowest BCUT2D eigenvalue weighted by Crippen LogP contribution is -2.15. The van der Waals surface area contributed by atoms with Crippen LogP contribution in [0.5, 0.6) is 0 Å². The van der Waals surface area contributed by atoms with Gasteiger partial charge >= 0.3 is 5.97 Å². The number of rotatable bonds is 5. The van der Waals surface area contributed by atoms with E-state index in [-0.39, 0.29) is 5.91 Å². The summed E-state index contributed by atoms with van der Waals surface area (Å²) in [6.07, 6.45) is 3.94. The summed E-state index contributed by atoms with van der Waals surface area (Å²) >= 11 is 2.83. The molecular formula is C16H18N2O4S2. The maximum absolute atomic E-state index is 12.5. The van der Waals surface area contributed by atoms with Crippen molar-refractivity contribution in [2.24, 2.45) is 0 Å². The van der Waals surface area contributed by atoms with Gasteiger partial charge in [0.25, 0.3) is 5.91 Å². The first-order valence-corrected chi connectivity index (χ1v) is 9.31. The van der Waals surface area contributed by atoms with E-state index in [1.807, 2.05) is 0 Å².